The lowest BCUT2D eigenvalue weighted by atomic mass is 10.0. The molecule has 0 saturated heterocycles. The van der Waals surface area contributed by atoms with Gasteiger partial charge in [-0.15, -0.1) is 0 Å². The molecule has 0 aliphatic heterocycles. The van der Waals surface area contributed by atoms with Crippen molar-refractivity contribution in [3.63, 3.8) is 0 Å². The van der Waals surface area contributed by atoms with Crippen LogP contribution < -0.4 is 0 Å². The average Bonchev–Trinajstić information content (AvgIpc) is 3.31. The van der Waals surface area contributed by atoms with Crippen LogP contribution >= 0.6 is 0 Å². The molecule has 8 heteroatoms. The molecule has 0 radical (unpaired) electrons. The van der Waals surface area contributed by atoms with Crippen LogP contribution in [0, 0.1) is 12.7 Å². The summed E-state index contributed by atoms with van der Waals surface area (Å²) < 4.78 is 22.0. The van der Waals surface area contributed by atoms with Gasteiger partial charge in [0.15, 0.2) is 0 Å². The van der Waals surface area contributed by atoms with Gasteiger partial charge >= 0.3 is 12.1 Å². The van der Waals surface area contributed by atoms with E-state index < -0.39 is 12.1 Å². The summed E-state index contributed by atoms with van der Waals surface area (Å²) in [6.45, 7) is 7.76. The Morgan fingerprint density at radius 1 is 1.21 bits per heavy atom. The van der Waals surface area contributed by atoms with Gasteiger partial charge in [-0.1, -0.05) is 13.8 Å². The Hall–Kier alpha value is -3.94. The minimum atomic E-state index is -1.19. The molecule has 0 bridgehead atoms. The molecule has 4 rings (SSSR count). The number of carbonyl (C=O) groups is 2. The summed E-state index contributed by atoms with van der Waals surface area (Å²) in [6, 6.07) is 8.52. The molecule has 1 N–H and O–H groups in total. The first-order valence-corrected chi connectivity index (χ1v) is 10.6. The molecule has 33 heavy (non-hydrogen) atoms. The van der Waals surface area contributed by atoms with Gasteiger partial charge in [-0.25, -0.2) is 14.0 Å². The third kappa shape index (κ3) is 3.88. The molecule has 0 unspecified atom stereocenters. The lowest BCUT2D eigenvalue weighted by Crippen LogP contribution is -2.08. The molecule has 0 spiro atoms. The molecule has 0 fully saturated rings. The van der Waals surface area contributed by atoms with Gasteiger partial charge in [0.2, 0.25) is 0 Å². The molecule has 0 aliphatic carbocycles. The molecule has 0 saturated carbocycles. The van der Waals surface area contributed by atoms with E-state index in [0.29, 0.717) is 16.5 Å². The predicted octanol–water partition coefficient (Wildman–Crippen LogP) is 5.65. The second-order valence-corrected chi connectivity index (χ2v) is 8.08. The number of hydrogen-bond donors (Lipinski definition) is 1. The zero-order chi connectivity index (χ0) is 23.9. The Balaban J connectivity index is 2.11. The number of carboxylic acid groups (broad SMARTS) is 1. The Kier molecular flexibility index (Phi) is 5.76. The van der Waals surface area contributed by atoms with E-state index in [1.807, 2.05) is 24.5 Å². The lowest BCUT2D eigenvalue weighted by Gasteiger charge is -2.15. The Morgan fingerprint density at radius 3 is 2.61 bits per heavy atom. The van der Waals surface area contributed by atoms with Gasteiger partial charge in [0.25, 0.3) is 0 Å². The minimum Gasteiger partial charge on any atom is -0.463 e. The predicted molar refractivity (Wildman–Crippen MR) is 124 cm³/mol. The number of esters is 1. The van der Waals surface area contributed by atoms with E-state index in [0.717, 1.165) is 32.5 Å². The van der Waals surface area contributed by atoms with Crippen LogP contribution in [0.4, 0.5) is 9.18 Å². The Labute approximate surface area is 189 Å². The standard InChI is InChI=1S/C25H24FN3O4/c1-5-33-23(30)9-7-18-19-12-21-16(13-27-29(21)25(31)32)11-22(19)28(24(18)14(2)3)17-6-8-20(26)15(4)10-17/h6-14H,5H2,1-4H3,(H,31,32)/b9-7+. The van der Waals surface area contributed by atoms with E-state index in [4.69, 9.17) is 4.74 Å². The lowest BCUT2D eigenvalue weighted by molar-refractivity contribution is -0.137. The first kappa shape index (κ1) is 22.3. The molecule has 7 nitrogen and oxygen atoms in total. The molecule has 2 aromatic carbocycles. The molecule has 0 amide bonds. The van der Waals surface area contributed by atoms with Crippen LogP contribution in [-0.2, 0) is 9.53 Å². The molecule has 0 atom stereocenters. The van der Waals surface area contributed by atoms with E-state index in [9.17, 15) is 19.1 Å². The summed E-state index contributed by atoms with van der Waals surface area (Å²) in [5.41, 5.74) is 4.17. The number of rotatable bonds is 5. The van der Waals surface area contributed by atoms with Crippen molar-refractivity contribution in [3.05, 3.63) is 65.2 Å². The molecule has 4 aromatic rings. The van der Waals surface area contributed by atoms with Gasteiger partial charge in [-0.05, 0) is 61.7 Å². The molecular weight excluding hydrogens is 425 g/mol. The smallest absolute Gasteiger partial charge is 0.432 e. The van der Waals surface area contributed by atoms with Crippen molar-refractivity contribution >= 4 is 39.9 Å². The maximum absolute atomic E-state index is 14.0. The summed E-state index contributed by atoms with van der Waals surface area (Å²) >= 11 is 0. The van der Waals surface area contributed by atoms with Gasteiger partial charge < -0.3 is 14.4 Å². The van der Waals surface area contributed by atoms with E-state index in [1.54, 1.807) is 38.1 Å². The van der Waals surface area contributed by atoms with Crippen molar-refractivity contribution in [1.29, 1.82) is 0 Å². The average molecular weight is 449 g/mol. The second-order valence-electron chi connectivity index (χ2n) is 8.08. The third-order valence-electron chi connectivity index (χ3n) is 5.53. The SMILES string of the molecule is CCOC(=O)/C=C/c1c(C(C)C)n(-c2ccc(F)c(C)c2)c2cc3cnn(C(=O)O)c3cc12. The molecular formula is C25H24FN3O4. The van der Waals surface area contributed by atoms with E-state index in [-0.39, 0.29) is 18.3 Å². The van der Waals surface area contributed by atoms with E-state index in [2.05, 4.69) is 5.10 Å². The number of hydrogen-bond acceptors (Lipinski definition) is 4. The van der Waals surface area contributed by atoms with Crippen LogP contribution in [0.25, 0.3) is 33.6 Å². The number of carbonyl (C=O) groups excluding carboxylic acids is 1. The normalized spacial score (nSPS) is 11.8. The maximum atomic E-state index is 14.0. The van der Waals surface area contributed by atoms with Crippen molar-refractivity contribution in [2.24, 2.45) is 0 Å². The van der Waals surface area contributed by atoms with Gasteiger partial charge in [-0.2, -0.15) is 9.78 Å². The highest BCUT2D eigenvalue weighted by Gasteiger charge is 2.22. The highest BCUT2D eigenvalue weighted by atomic mass is 19.1. The van der Waals surface area contributed by atoms with Crippen molar-refractivity contribution in [2.75, 3.05) is 6.61 Å². The Bertz CT molecular complexity index is 1430. The number of ether oxygens (including phenoxy) is 1. The van der Waals surface area contributed by atoms with Gasteiger partial charge in [0.05, 0.1) is 23.8 Å². The summed E-state index contributed by atoms with van der Waals surface area (Å²) in [5.74, 6) is -0.736. The summed E-state index contributed by atoms with van der Waals surface area (Å²) in [7, 11) is 0. The number of aromatic nitrogens is 3. The second kappa shape index (κ2) is 8.54. The monoisotopic (exact) mass is 449 g/mol. The van der Waals surface area contributed by atoms with Crippen LogP contribution in [0.1, 0.15) is 43.5 Å². The first-order valence-electron chi connectivity index (χ1n) is 10.6. The first-order chi connectivity index (χ1) is 15.7. The van der Waals surface area contributed by atoms with Gasteiger partial charge in [0, 0.05) is 33.8 Å². The quantitative estimate of drug-likeness (QED) is 0.314. The van der Waals surface area contributed by atoms with Crippen molar-refractivity contribution in [3.8, 4) is 5.69 Å². The Morgan fingerprint density at radius 2 is 1.97 bits per heavy atom. The topological polar surface area (TPSA) is 86.4 Å². The molecule has 2 aromatic heterocycles. The van der Waals surface area contributed by atoms with Crippen molar-refractivity contribution in [2.45, 2.75) is 33.6 Å². The molecule has 0 aliphatic rings. The summed E-state index contributed by atoms with van der Waals surface area (Å²) in [6.07, 6.45) is 3.36. The van der Waals surface area contributed by atoms with Gasteiger partial charge in [-0.3, -0.25) is 0 Å². The van der Waals surface area contributed by atoms with Crippen LogP contribution in [0.2, 0.25) is 0 Å². The van der Waals surface area contributed by atoms with Gasteiger partial charge in [0.1, 0.15) is 5.82 Å². The van der Waals surface area contributed by atoms with Crippen molar-refractivity contribution < 1.29 is 23.8 Å². The van der Waals surface area contributed by atoms with E-state index >= 15 is 0 Å². The zero-order valence-electron chi connectivity index (χ0n) is 18.8. The largest absolute Gasteiger partial charge is 0.463 e. The third-order valence-corrected chi connectivity index (χ3v) is 5.53. The fourth-order valence-electron chi connectivity index (χ4n) is 4.14. The zero-order valence-corrected chi connectivity index (χ0v) is 18.8. The maximum Gasteiger partial charge on any atom is 0.432 e. The summed E-state index contributed by atoms with van der Waals surface area (Å²) in [5, 5.41) is 14.9. The summed E-state index contributed by atoms with van der Waals surface area (Å²) in [4.78, 5) is 23.7. The fraction of sp³-hybridized carbons (Fsp3) is 0.240. The van der Waals surface area contributed by atoms with Crippen LogP contribution in [0.5, 0.6) is 0 Å². The van der Waals surface area contributed by atoms with Crippen LogP contribution in [-0.4, -0.2) is 38.1 Å². The minimum absolute atomic E-state index is 0.0312. The highest BCUT2D eigenvalue weighted by molar-refractivity contribution is 6.04. The van der Waals surface area contributed by atoms with Crippen LogP contribution in [0.15, 0.2) is 42.6 Å². The number of benzene rings is 2. The van der Waals surface area contributed by atoms with Crippen LogP contribution in [0.3, 0.4) is 0 Å². The number of nitrogens with zero attached hydrogens (tertiary/aromatic N) is 3. The van der Waals surface area contributed by atoms with E-state index in [1.165, 1.54) is 18.3 Å². The molecule has 2 heterocycles. The molecule has 170 valence electrons. The number of aryl methyl sites for hydroxylation is 1. The van der Waals surface area contributed by atoms with Crippen molar-refractivity contribution in [1.82, 2.24) is 14.3 Å². The number of halogens is 1. The fourth-order valence-corrected chi connectivity index (χ4v) is 4.14. The number of fused-ring (bicyclic) bond motifs is 2. The highest BCUT2D eigenvalue weighted by Crippen LogP contribution is 2.37.